The Labute approximate surface area is 262 Å². The Bertz CT molecular complexity index is 1920. The third-order valence-corrected chi connectivity index (χ3v) is 8.07. The van der Waals surface area contributed by atoms with Gasteiger partial charge in [-0.05, 0) is 42.3 Å². The van der Waals surface area contributed by atoms with Crippen LogP contribution in [0.5, 0.6) is 0 Å². The number of rotatable bonds is 8. The van der Waals surface area contributed by atoms with Gasteiger partial charge >= 0.3 is 5.97 Å². The van der Waals surface area contributed by atoms with Gasteiger partial charge in [0.1, 0.15) is 0 Å². The van der Waals surface area contributed by atoms with E-state index < -0.39 is 12.0 Å². The van der Waals surface area contributed by atoms with Crippen LogP contribution < -0.4 is 5.01 Å². The molecule has 0 aliphatic carbocycles. The summed E-state index contributed by atoms with van der Waals surface area (Å²) in [4.78, 5) is 14.2. The van der Waals surface area contributed by atoms with Crippen molar-refractivity contribution in [2.75, 3.05) is 11.6 Å². The molecule has 220 valence electrons. The number of nitrogens with zero attached hydrogens (tertiary/aromatic N) is 4. The van der Waals surface area contributed by atoms with Crippen LogP contribution in [0.4, 0.5) is 5.69 Å². The predicted octanol–water partition coefficient (Wildman–Crippen LogP) is 8.47. The molecule has 6 aromatic rings. The van der Waals surface area contributed by atoms with E-state index in [0.717, 1.165) is 39.3 Å². The van der Waals surface area contributed by atoms with Crippen LogP contribution in [-0.2, 0) is 4.74 Å². The van der Waals surface area contributed by atoms with Crippen LogP contribution >= 0.6 is 0 Å². The molecule has 0 bridgehead atoms. The van der Waals surface area contributed by atoms with E-state index >= 15 is 0 Å². The fourth-order valence-electron chi connectivity index (χ4n) is 6.14. The fraction of sp³-hybridized carbons (Fsp3) is 0.103. The van der Waals surface area contributed by atoms with Crippen LogP contribution in [0.1, 0.15) is 46.1 Å². The minimum absolute atomic E-state index is 0.236. The Morgan fingerprint density at radius 3 is 1.76 bits per heavy atom. The monoisotopic (exact) mass is 588 g/mol. The van der Waals surface area contributed by atoms with Gasteiger partial charge in [0.2, 0.25) is 0 Å². The molecule has 6 heteroatoms. The van der Waals surface area contributed by atoms with Crippen molar-refractivity contribution in [3.8, 4) is 16.9 Å². The largest absolute Gasteiger partial charge is 0.461 e. The lowest BCUT2D eigenvalue weighted by Crippen LogP contribution is -2.27. The molecule has 0 saturated heterocycles. The molecular formula is C39H32N4O2. The number of carbonyl (C=O) groups excluding carboxylic acids is 1. The van der Waals surface area contributed by atoms with Crippen LogP contribution in [0.3, 0.4) is 0 Å². The number of hydrogen-bond donors (Lipinski definition) is 0. The molecule has 2 atom stereocenters. The molecule has 0 N–H and O–H groups in total. The van der Waals surface area contributed by atoms with Crippen molar-refractivity contribution in [1.29, 1.82) is 0 Å². The second kappa shape index (κ2) is 12.5. The second-order valence-corrected chi connectivity index (χ2v) is 10.8. The van der Waals surface area contributed by atoms with E-state index in [2.05, 4.69) is 53.5 Å². The van der Waals surface area contributed by atoms with Crippen molar-refractivity contribution in [3.63, 3.8) is 0 Å². The van der Waals surface area contributed by atoms with Crippen molar-refractivity contribution in [3.05, 3.63) is 174 Å². The number of benzene rings is 5. The molecule has 0 fully saturated rings. The van der Waals surface area contributed by atoms with Gasteiger partial charge in [-0.3, -0.25) is 5.01 Å². The van der Waals surface area contributed by atoms with Gasteiger partial charge in [-0.2, -0.15) is 10.2 Å². The number of para-hydroxylation sites is 2. The van der Waals surface area contributed by atoms with Crippen molar-refractivity contribution >= 4 is 17.4 Å². The number of esters is 1. The Kier molecular flexibility index (Phi) is 7.77. The molecule has 5 aromatic carbocycles. The first-order valence-electron chi connectivity index (χ1n) is 15.2. The zero-order valence-corrected chi connectivity index (χ0v) is 24.9. The van der Waals surface area contributed by atoms with Gasteiger partial charge < -0.3 is 4.74 Å². The highest BCUT2D eigenvalue weighted by atomic mass is 16.5. The summed E-state index contributed by atoms with van der Waals surface area (Å²) in [5, 5.41) is 12.6. The molecule has 0 spiro atoms. The first-order valence-corrected chi connectivity index (χ1v) is 15.2. The Balaban J connectivity index is 1.58. The number of aromatic nitrogens is 2. The minimum Gasteiger partial charge on any atom is -0.461 e. The zero-order valence-electron chi connectivity index (χ0n) is 24.9. The highest BCUT2D eigenvalue weighted by Crippen LogP contribution is 2.49. The molecule has 7 rings (SSSR count). The van der Waals surface area contributed by atoms with Crippen LogP contribution in [0, 0.1) is 0 Å². The average molecular weight is 589 g/mol. The lowest BCUT2D eigenvalue weighted by Gasteiger charge is -2.29. The summed E-state index contributed by atoms with van der Waals surface area (Å²) in [6.07, 6.45) is 0. The summed E-state index contributed by atoms with van der Waals surface area (Å²) in [5.41, 5.74) is 7.46. The number of anilines is 1. The van der Waals surface area contributed by atoms with Gasteiger partial charge in [-0.1, -0.05) is 127 Å². The smallest absolute Gasteiger partial charge is 0.357 e. The molecule has 6 nitrogen and oxygen atoms in total. The Morgan fingerprint density at radius 2 is 1.18 bits per heavy atom. The fourth-order valence-corrected chi connectivity index (χ4v) is 6.14. The van der Waals surface area contributed by atoms with Gasteiger partial charge in [0.05, 0.1) is 41.3 Å². The normalized spacial score (nSPS) is 15.9. The molecule has 45 heavy (non-hydrogen) atoms. The van der Waals surface area contributed by atoms with Crippen molar-refractivity contribution in [1.82, 2.24) is 9.78 Å². The van der Waals surface area contributed by atoms with Gasteiger partial charge in [-0.15, -0.1) is 0 Å². The number of carbonyl (C=O) groups is 1. The van der Waals surface area contributed by atoms with Crippen molar-refractivity contribution < 1.29 is 9.53 Å². The molecule has 0 saturated carbocycles. The summed E-state index contributed by atoms with van der Waals surface area (Å²) >= 11 is 0. The van der Waals surface area contributed by atoms with E-state index in [9.17, 15) is 4.79 Å². The van der Waals surface area contributed by atoms with E-state index in [-0.39, 0.29) is 12.5 Å². The first kappa shape index (κ1) is 28.0. The maximum atomic E-state index is 14.2. The summed E-state index contributed by atoms with van der Waals surface area (Å²) < 4.78 is 7.51. The van der Waals surface area contributed by atoms with E-state index in [0.29, 0.717) is 11.4 Å². The standard InChI is InChI=1S/C39H32N4O2/c1-2-45-39(44)38-34(36(30-22-12-5-13-23-30)41-43(38)32-26-16-7-17-27-32)37-33(28-18-8-3-9-19-28)35(29-20-10-4-11-21-29)40-42(37)31-24-14-6-15-25-31/h3-27,33,37H,2H2,1H3. The minimum atomic E-state index is -0.433. The molecular weight excluding hydrogens is 556 g/mol. The first-order chi connectivity index (χ1) is 22.2. The third kappa shape index (κ3) is 5.31. The summed E-state index contributed by atoms with van der Waals surface area (Å²) in [7, 11) is 0. The summed E-state index contributed by atoms with van der Waals surface area (Å²) in [5.74, 6) is -0.670. The van der Waals surface area contributed by atoms with Crippen molar-refractivity contribution in [2.45, 2.75) is 18.9 Å². The van der Waals surface area contributed by atoms with Crippen LogP contribution in [0.15, 0.2) is 157 Å². The van der Waals surface area contributed by atoms with Gasteiger partial charge in [0.25, 0.3) is 0 Å². The molecule has 2 unspecified atom stereocenters. The third-order valence-electron chi connectivity index (χ3n) is 8.07. The predicted molar refractivity (Wildman–Crippen MR) is 179 cm³/mol. The Morgan fingerprint density at radius 1 is 0.667 bits per heavy atom. The zero-order chi connectivity index (χ0) is 30.6. The number of hydrogen-bond acceptors (Lipinski definition) is 5. The summed E-state index contributed by atoms with van der Waals surface area (Å²) in [6, 6.07) is 50.2. The van der Waals surface area contributed by atoms with E-state index in [1.807, 2.05) is 110 Å². The number of ether oxygens (including phenoxy) is 1. The number of hydrazone groups is 1. The van der Waals surface area contributed by atoms with E-state index in [1.54, 1.807) is 4.68 Å². The van der Waals surface area contributed by atoms with Crippen LogP contribution in [-0.4, -0.2) is 28.1 Å². The molecule has 0 amide bonds. The van der Waals surface area contributed by atoms with Crippen molar-refractivity contribution in [2.24, 2.45) is 5.10 Å². The topological polar surface area (TPSA) is 59.7 Å². The average Bonchev–Trinajstić information content (AvgIpc) is 3.70. The SMILES string of the molecule is CCOC(=O)c1c(C2C(c3ccccc3)C(c3ccccc3)=NN2c2ccccc2)c(-c2ccccc2)nn1-c1ccccc1. The Hall–Kier alpha value is -5.75. The maximum Gasteiger partial charge on any atom is 0.357 e. The molecule has 2 heterocycles. The lowest BCUT2D eigenvalue weighted by atomic mass is 9.80. The second-order valence-electron chi connectivity index (χ2n) is 10.8. The van der Waals surface area contributed by atoms with Crippen LogP contribution in [0.25, 0.3) is 16.9 Å². The molecule has 1 aromatic heterocycles. The summed E-state index contributed by atoms with van der Waals surface area (Å²) in [6.45, 7) is 2.06. The molecule has 1 aliphatic heterocycles. The van der Waals surface area contributed by atoms with Gasteiger partial charge in [-0.25, -0.2) is 9.48 Å². The highest BCUT2D eigenvalue weighted by molar-refractivity contribution is 6.09. The van der Waals surface area contributed by atoms with Gasteiger partial charge in [0.15, 0.2) is 5.69 Å². The lowest BCUT2D eigenvalue weighted by molar-refractivity contribution is 0.0513. The highest BCUT2D eigenvalue weighted by Gasteiger charge is 2.46. The quantitative estimate of drug-likeness (QED) is 0.167. The van der Waals surface area contributed by atoms with Crippen LogP contribution in [0.2, 0.25) is 0 Å². The van der Waals surface area contributed by atoms with E-state index in [4.69, 9.17) is 14.9 Å². The van der Waals surface area contributed by atoms with Gasteiger partial charge in [0, 0.05) is 11.1 Å². The maximum absolute atomic E-state index is 14.2. The van der Waals surface area contributed by atoms with E-state index in [1.165, 1.54) is 0 Å². The molecule has 1 aliphatic rings. The molecule has 0 radical (unpaired) electrons.